The van der Waals surface area contributed by atoms with Crippen LogP contribution in [-0.2, 0) is 9.53 Å². The van der Waals surface area contributed by atoms with Crippen molar-refractivity contribution in [2.75, 3.05) is 32.8 Å². The summed E-state index contributed by atoms with van der Waals surface area (Å²) in [4.78, 5) is 26.3. The van der Waals surface area contributed by atoms with Crippen molar-refractivity contribution in [1.29, 1.82) is 0 Å². The van der Waals surface area contributed by atoms with Crippen LogP contribution in [0.2, 0.25) is 0 Å². The van der Waals surface area contributed by atoms with Gasteiger partial charge in [0.15, 0.2) is 0 Å². The second-order valence-corrected chi connectivity index (χ2v) is 6.20. The summed E-state index contributed by atoms with van der Waals surface area (Å²) >= 11 is 1.37. The molecule has 0 radical (unpaired) electrons. The van der Waals surface area contributed by atoms with Crippen LogP contribution in [0, 0.1) is 0 Å². The van der Waals surface area contributed by atoms with Crippen molar-refractivity contribution in [2.24, 2.45) is 5.73 Å². The molecule has 8 heteroatoms. The molecule has 2 rings (SSSR count). The fourth-order valence-corrected chi connectivity index (χ4v) is 3.01. The standard InChI is InChI=1S/C15H23N3O3S.ClH/c16-6-2-9-21-12-4-7-18(8-5-12)14(19)11-17-15(20)13-3-1-10-22-13;/h1,3,10,12H,2,4-9,11,16H2,(H,17,20);1H. The molecule has 2 amide bonds. The number of thiophene rings is 1. The molecule has 2 heterocycles. The van der Waals surface area contributed by atoms with Crippen molar-refractivity contribution in [1.82, 2.24) is 10.2 Å². The number of amides is 2. The first-order valence-electron chi connectivity index (χ1n) is 7.62. The third-order valence-electron chi connectivity index (χ3n) is 3.64. The van der Waals surface area contributed by atoms with E-state index >= 15 is 0 Å². The molecule has 1 aliphatic rings. The van der Waals surface area contributed by atoms with Crippen LogP contribution < -0.4 is 11.1 Å². The lowest BCUT2D eigenvalue weighted by atomic mass is 10.1. The molecule has 0 saturated carbocycles. The van der Waals surface area contributed by atoms with Gasteiger partial charge in [-0.2, -0.15) is 0 Å². The van der Waals surface area contributed by atoms with E-state index in [0.717, 1.165) is 19.3 Å². The van der Waals surface area contributed by atoms with Crippen LogP contribution in [0.3, 0.4) is 0 Å². The zero-order chi connectivity index (χ0) is 15.8. The van der Waals surface area contributed by atoms with Gasteiger partial charge in [0, 0.05) is 19.7 Å². The predicted octanol–water partition coefficient (Wildman–Crippen LogP) is 1.26. The van der Waals surface area contributed by atoms with Crippen molar-refractivity contribution in [3.63, 3.8) is 0 Å². The van der Waals surface area contributed by atoms with Gasteiger partial charge in [0.1, 0.15) is 0 Å². The number of nitrogens with two attached hydrogens (primary N) is 1. The molecule has 1 fully saturated rings. The first kappa shape index (κ1) is 19.9. The summed E-state index contributed by atoms with van der Waals surface area (Å²) in [6, 6.07) is 3.56. The molecule has 0 unspecified atom stereocenters. The Balaban J connectivity index is 0.00000264. The summed E-state index contributed by atoms with van der Waals surface area (Å²) < 4.78 is 5.71. The Hall–Kier alpha value is -1.15. The first-order valence-corrected chi connectivity index (χ1v) is 8.50. The van der Waals surface area contributed by atoms with E-state index in [9.17, 15) is 9.59 Å². The summed E-state index contributed by atoms with van der Waals surface area (Å²) in [5.74, 6) is -0.228. The Labute approximate surface area is 146 Å². The number of hydrogen-bond donors (Lipinski definition) is 2. The van der Waals surface area contributed by atoms with Gasteiger partial charge in [-0.25, -0.2) is 0 Å². The highest BCUT2D eigenvalue weighted by molar-refractivity contribution is 7.12. The fraction of sp³-hybridized carbons (Fsp3) is 0.600. The molecule has 23 heavy (non-hydrogen) atoms. The number of piperidine rings is 1. The van der Waals surface area contributed by atoms with E-state index in [-0.39, 0.29) is 36.9 Å². The maximum Gasteiger partial charge on any atom is 0.261 e. The topological polar surface area (TPSA) is 84.7 Å². The number of ether oxygens (including phenoxy) is 1. The largest absolute Gasteiger partial charge is 0.378 e. The van der Waals surface area contributed by atoms with E-state index in [2.05, 4.69) is 5.32 Å². The van der Waals surface area contributed by atoms with Gasteiger partial charge in [-0.1, -0.05) is 6.07 Å². The molecule has 130 valence electrons. The lowest BCUT2D eigenvalue weighted by Gasteiger charge is -2.32. The number of hydrogen-bond acceptors (Lipinski definition) is 5. The summed E-state index contributed by atoms with van der Waals surface area (Å²) in [7, 11) is 0. The number of nitrogens with zero attached hydrogens (tertiary/aromatic N) is 1. The average molecular weight is 362 g/mol. The lowest BCUT2D eigenvalue weighted by molar-refractivity contribution is -0.132. The first-order chi connectivity index (χ1) is 10.7. The highest BCUT2D eigenvalue weighted by atomic mass is 35.5. The van der Waals surface area contributed by atoms with E-state index in [1.807, 2.05) is 11.4 Å². The van der Waals surface area contributed by atoms with Crippen molar-refractivity contribution < 1.29 is 14.3 Å². The molecule has 0 aliphatic carbocycles. The smallest absolute Gasteiger partial charge is 0.261 e. The van der Waals surface area contributed by atoms with Gasteiger partial charge in [0.05, 0.1) is 17.5 Å². The molecule has 3 N–H and O–H groups in total. The normalized spacial score (nSPS) is 15.1. The van der Waals surface area contributed by atoms with Gasteiger partial charge < -0.3 is 20.7 Å². The van der Waals surface area contributed by atoms with Gasteiger partial charge in [0.2, 0.25) is 5.91 Å². The van der Waals surface area contributed by atoms with Crippen LogP contribution in [-0.4, -0.2) is 55.6 Å². The molecule has 0 spiro atoms. The fourth-order valence-electron chi connectivity index (χ4n) is 2.37. The molecular weight excluding hydrogens is 338 g/mol. The van der Waals surface area contributed by atoms with Crippen molar-refractivity contribution >= 4 is 35.6 Å². The van der Waals surface area contributed by atoms with Gasteiger partial charge >= 0.3 is 0 Å². The predicted molar refractivity (Wildman–Crippen MR) is 93.1 cm³/mol. The zero-order valence-corrected chi connectivity index (χ0v) is 14.7. The maximum atomic E-state index is 12.1. The van der Waals surface area contributed by atoms with Gasteiger partial charge in [-0.15, -0.1) is 23.7 Å². The Kier molecular flexibility index (Phi) is 9.16. The monoisotopic (exact) mass is 361 g/mol. The Bertz CT molecular complexity index is 476. The number of halogens is 1. The highest BCUT2D eigenvalue weighted by Crippen LogP contribution is 2.14. The Morgan fingerprint density at radius 3 is 2.74 bits per heavy atom. The van der Waals surface area contributed by atoms with Gasteiger partial charge in [-0.3, -0.25) is 9.59 Å². The van der Waals surface area contributed by atoms with E-state index in [4.69, 9.17) is 10.5 Å². The van der Waals surface area contributed by atoms with Crippen molar-refractivity contribution in [3.8, 4) is 0 Å². The quantitative estimate of drug-likeness (QED) is 0.716. The minimum absolute atomic E-state index is 0. The van der Waals surface area contributed by atoms with Crippen LogP contribution in [0.5, 0.6) is 0 Å². The Morgan fingerprint density at radius 2 is 2.13 bits per heavy atom. The summed E-state index contributed by atoms with van der Waals surface area (Å²) in [5, 5.41) is 4.51. The van der Waals surface area contributed by atoms with Gasteiger partial charge in [0.25, 0.3) is 5.91 Å². The van der Waals surface area contributed by atoms with Crippen molar-refractivity contribution in [3.05, 3.63) is 22.4 Å². The van der Waals surface area contributed by atoms with Gasteiger partial charge in [-0.05, 0) is 37.3 Å². The summed E-state index contributed by atoms with van der Waals surface area (Å²) in [5.41, 5.74) is 5.43. The second kappa shape index (κ2) is 10.6. The molecule has 1 aromatic rings. The van der Waals surface area contributed by atoms with E-state index in [1.54, 1.807) is 11.0 Å². The average Bonchev–Trinajstić information content (AvgIpc) is 3.08. The molecule has 0 atom stereocenters. The number of carbonyl (C=O) groups is 2. The van der Waals surface area contributed by atoms with Crippen LogP contribution in [0.4, 0.5) is 0 Å². The highest BCUT2D eigenvalue weighted by Gasteiger charge is 2.23. The van der Waals surface area contributed by atoms with Crippen LogP contribution in [0.25, 0.3) is 0 Å². The number of nitrogens with one attached hydrogen (secondary N) is 1. The van der Waals surface area contributed by atoms with E-state index < -0.39 is 0 Å². The molecule has 1 aliphatic heterocycles. The zero-order valence-electron chi connectivity index (χ0n) is 13.0. The minimum atomic E-state index is -0.191. The summed E-state index contributed by atoms with van der Waals surface area (Å²) in [6.45, 7) is 2.74. The molecule has 1 saturated heterocycles. The minimum Gasteiger partial charge on any atom is -0.378 e. The lowest BCUT2D eigenvalue weighted by Crippen LogP contribution is -2.45. The molecule has 0 bridgehead atoms. The van der Waals surface area contributed by atoms with Crippen LogP contribution in [0.1, 0.15) is 28.9 Å². The third kappa shape index (κ3) is 6.47. The third-order valence-corrected chi connectivity index (χ3v) is 4.51. The number of rotatable bonds is 7. The SMILES string of the molecule is Cl.NCCCOC1CCN(C(=O)CNC(=O)c2cccs2)CC1. The van der Waals surface area contributed by atoms with E-state index in [0.29, 0.717) is 31.1 Å². The van der Waals surface area contributed by atoms with Crippen molar-refractivity contribution in [2.45, 2.75) is 25.4 Å². The summed E-state index contributed by atoms with van der Waals surface area (Å²) in [6.07, 6.45) is 2.77. The molecule has 6 nitrogen and oxygen atoms in total. The number of carbonyl (C=O) groups excluding carboxylic acids is 2. The van der Waals surface area contributed by atoms with Crippen LogP contribution >= 0.6 is 23.7 Å². The second-order valence-electron chi connectivity index (χ2n) is 5.25. The van der Waals surface area contributed by atoms with Crippen LogP contribution in [0.15, 0.2) is 17.5 Å². The molecule has 0 aromatic carbocycles. The molecule has 1 aromatic heterocycles. The maximum absolute atomic E-state index is 12.1. The van der Waals surface area contributed by atoms with E-state index in [1.165, 1.54) is 11.3 Å². The number of likely N-dealkylation sites (tertiary alicyclic amines) is 1. The molecular formula is C15H24ClN3O3S. The Morgan fingerprint density at radius 1 is 1.39 bits per heavy atom.